The number of nitrogens with two attached hydrogens (primary N) is 1. The van der Waals surface area contributed by atoms with Gasteiger partial charge in [-0.15, -0.1) is 23.1 Å². The van der Waals surface area contributed by atoms with E-state index >= 15 is 0 Å². The van der Waals surface area contributed by atoms with Gasteiger partial charge < -0.3 is 5.73 Å². The average molecular weight is 314 g/mol. The molecule has 0 fully saturated rings. The highest BCUT2D eigenvalue weighted by Crippen LogP contribution is 2.37. The second-order valence-electron chi connectivity index (χ2n) is 3.31. The minimum absolute atomic E-state index is 0.356. The summed E-state index contributed by atoms with van der Waals surface area (Å²) in [7, 11) is 0. The van der Waals surface area contributed by atoms with Crippen LogP contribution in [0.1, 0.15) is 10.1 Å². The molecule has 2 aromatic rings. The molecule has 0 saturated carbocycles. The van der Waals surface area contributed by atoms with E-state index in [0.717, 1.165) is 4.47 Å². The minimum atomic E-state index is 0.356. The van der Waals surface area contributed by atoms with E-state index < -0.39 is 0 Å². The molecule has 2 rings (SSSR count). The molecule has 0 radical (unpaired) electrons. The molecule has 1 nitrogen and oxygen atoms in total. The standard InChI is InChI=1S/C12H12BrNS2/c13-9-3-1-4-10(7-9)16-12(8-14)11-5-2-6-15-11/h1-7,12H,8,14H2. The molecule has 1 heterocycles. The largest absolute Gasteiger partial charge is 0.329 e. The lowest BCUT2D eigenvalue weighted by Crippen LogP contribution is -2.07. The van der Waals surface area contributed by atoms with Crippen LogP contribution in [0.15, 0.2) is 51.1 Å². The first-order valence-electron chi connectivity index (χ1n) is 4.95. The van der Waals surface area contributed by atoms with Gasteiger partial charge >= 0.3 is 0 Å². The summed E-state index contributed by atoms with van der Waals surface area (Å²) in [6.07, 6.45) is 0. The number of rotatable bonds is 4. The van der Waals surface area contributed by atoms with Crippen LogP contribution in [-0.4, -0.2) is 6.54 Å². The van der Waals surface area contributed by atoms with E-state index in [4.69, 9.17) is 5.73 Å². The van der Waals surface area contributed by atoms with E-state index in [-0.39, 0.29) is 0 Å². The van der Waals surface area contributed by atoms with E-state index in [2.05, 4.69) is 51.6 Å². The Labute approximate surface area is 112 Å². The van der Waals surface area contributed by atoms with Crippen LogP contribution in [0.4, 0.5) is 0 Å². The molecule has 1 aromatic carbocycles. The van der Waals surface area contributed by atoms with Gasteiger partial charge in [-0.3, -0.25) is 0 Å². The number of thioether (sulfide) groups is 1. The normalized spacial score (nSPS) is 12.6. The molecule has 0 bridgehead atoms. The van der Waals surface area contributed by atoms with E-state index in [1.54, 1.807) is 11.3 Å². The molecule has 1 aromatic heterocycles. The van der Waals surface area contributed by atoms with E-state index in [0.29, 0.717) is 11.8 Å². The van der Waals surface area contributed by atoms with E-state index in [9.17, 15) is 0 Å². The van der Waals surface area contributed by atoms with Crippen LogP contribution in [0, 0.1) is 0 Å². The van der Waals surface area contributed by atoms with Gasteiger partial charge in [-0.1, -0.05) is 28.1 Å². The maximum Gasteiger partial charge on any atom is 0.0560 e. The van der Waals surface area contributed by atoms with Crippen LogP contribution in [0.3, 0.4) is 0 Å². The van der Waals surface area contributed by atoms with Crippen LogP contribution < -0.4 is 5.73 Å². The van der Waals surface area contributed by atoms with Crippen molar-refractivity contribution in [2.24, 2.45) is 5.73 Å². The highest BCUT2D eigenvalue weighted by atomic mass is 79.9. The van der Waals surface area contributed by atoms with Crippen LogP contribution >= 0.6 is 39.0 Å². The van der Waals surface area contributed by atoms with Crippen molar-refractivity contribution >= 4 is 39.0 Å². The van der Waals surface area contributed by atoms with Crippen LogP contribution in [0.25, 0.3) is 0 Å². The minimum Gasteiger partial charge on any atom is -0.329 e. The van der Waals surface area contributed by atoms with Crippen molar-refractivity contribution in [3.05, 3.63) is 51.1 Å². The quantitative estimate of drug-likeness (QED) is 0.851. The molecule has 1 unspecified atom stereocenters. The fourth-order valence-electron chi connectivity index (χ4n) is 1.40. The van der Waals surface area contributed by atoms with Gasteiger partial charge in [0.25, 0.3) is 0 Å². The molecule has 0 aliphatic heterocycles. The van der Waals surface area contributed by atoms with Crippen molar-refractivity contribution in [1.82, 2.24) is 0 Å². The topological polar surface area (TPSA) is 26.0 Å². The summed E-state index contributed by atoms with van der Waals surface area (Å²) < 4.78 is 1.11. The Morgan fingerprint density at radius 2 is 2.19 bits per heavy atom. The van der Waals surface area contributed by atoms with Crippen LogP contribution in [-0.2, 0) is 0 Å². The van der Waals surface area contributed by atoms with Gasteiger partial charge in [-0.05, 0) is 29.6 Å². The third kappa shape index (κ3) is 3.10. The van der Waals surface area contributed by atoms with Crippen molar-refractivity contribution in [3.8, 4) is 0 Å². The predicted molar refractivity (Wildman–Crippen MR) is 76.1 cm³/mol. The average Bonchev–Trinajstić information content (AvgIpc) is 2.79. The Kier molecular flexibility index (Phi) is 4.46. The fraction of sp³-hybridized carbons (Fsp3) is 0.167. The van der Waals surface area contributed by atoms with Crippen molar-refractivity contribution in [2.75, 3.05) is 6.54 Å². The van der Waals surface area contributed by atoms with Crippen LogP contribution in [0.5, 0.6) is 0 Å². The second-order valence-corrected chi connectivity index (χ2v) is 6.49. The predicted octanol–water partition coefficient (Wildman–Crippen LogP) is 4.30. The molecule has 0 amide bonds. The van der Waals surface area contributed by atoms with Gasteiger partial charge in [0.15, 0.2) is 0 Å². The Bertz CT molecular complexity index is 442. The number of hydrogen-bond donors (Lipinski definition) is 1. The van der Waals surface area contributed by atoms with Gasteiger partial charge in [0.05, 0.1) is 5.25 Å². The molecule has 84 valence electrons. The number of halogens is 1. The van der Waals surface area contributed by atoms with Gasteiger partial charge in [-0.2, -0.15) is 0 Å². The van der Waals surface area contributed by atoms with Crippen molar-refractivity contribution in [3.63, 3.8) is 0 Å². The van der Waals surface area contributed by atoms with E-state index in [1.807, 2.05) is 17.8 Å². The highest BCUT2D eigenvalue weighted by molar-refractivity contribution is 9.10. The van der Waals surface area contributed by atoms with E-state index in [1.165, 1.54) is 9.77 Å². The monoisotopic (exact) mass is 313 g/mol. The summed E-state index contributed by atoms with van der Waals surface area (Å²) in [4.78, 5) is 2.59. The van der Waals surface area contributed by atoms with Gasteiger partial charge in [0.2, 0.25) is 0 Å². The fourth-order valence-corrected chi connectivity index (χ4v) is 3.95. The first kappa shape index (κ1) is 12.2. The number of hydrogen-bond acceptors (Lipinski definition) is 3. The Morgan fingerprint density at radius 1 is 1.31 bits per heavy atom. The van der Waals surface area contributed by atoms with Crippen molar-refractivity contribution in [1.29, 1.82) is 0 Å². The SMILES string of the molecule is NCC(Sc1cccc(Br)c1)c1cccs1. The molecular formula is C12H12BrNS2. The summed E-state index contributed by atoms with van der Waals surface area (Å²) in [5, 5.41) is 2.45. The summed E-state index contributed by atoms with van der Waals surface area (Å²) in [6, 6.07) is 12.5. The maximum absolute atomic E-state index is 5.82. The smallest absolute Gasteiger partial charge is 0.0560 e. The zero-order chi connectivity index (χ0) is 11.4. The summed E-state index contributed by atoms with van der Waals surface area (Å²) in [5.41, 5.74) is 5.82. The third-order valence-electron chi connectivity index (χ3n) is 2.15. The van der Waals surface area contributed by atoms with Crippen molar-refractivity contribution in [2.45, 2.75) is 10.1 Å². The van der Waals surface area contributed by atoms with Gasteiger partial charge in [-0.25, -0.2) is 0 Å². The zero-order valence-corrected chi connectivity index (χ0v) is 11.8. The molecule has 0 saturated heterocycles. The summed E-state index contributed by atoms with van der Waals surface area (Å²) in [6.45, 7) is 0.664. The highest BCUT2D eigenvalue weighted by Gasteiger charge is 2.12. The molecule has 0 spiro atoms. The van der Waals surface area contributed by atoms with Gasteiger partial charge in [0, 0.05) is 20.8 Å². The third-order valence-corrected chi connectivity index (χ3v) is 5.03. The first-order chi connectivity index (χ1) is 7.79. The van der Waals surface area contributed by atoms with Gasteiger partial charge in [0.1, 0.15) is 0 Å². The Balaban J connectivity index is 2.13. The molecule has 2 N–H and O–H groups in total. The molecule has 4 heteroatoms. The Hall–Kier alpha value is -0.290. The summed E-state index contributed by atoms with van der Waals surface area (Å²) >= 11 is 7.06. The Morgan fingerprint density at radius 3 is 2.81 bits per heavy atom. The lowest BCUT2D eigenvalue weighted by Gasteiger charge is -2.12. The lowest BCUT2D eigenvalue weighted by atomic mass is 10.3. The first-order valence-corrected chi connectivity index (χ1v) is 7.50. The summed E-state index contributed by atoms with van der Waals surface area (Å²) in [5.74, 6) is 0. The van der Waals surface area contributed by atoms with Crippen LogP contribution in [0.2, 0.25) is 0 Å². The second kappa shape index (κ2) is 5.87. The number of thiophene rings is 1. The zero-order valence-electron chi connectivity index (χ0n) is 8.60. The molecule has 1 atom stereocenters. The van der Waals surface area contributed by atoms with Crippen molar-refractivity contribution < 1.29 is 0 Å². The molecule has 0 aliphatic rings. The molecular weight excluding hydrogens is 302 g/mol. The molecule has 16 heavy (non-hydrogen) atoms. The number of benzene rings is 1. The molecule has 0 aliphatic carbocycles. The maximum atomic E-state index is 5.82. The lowest BCUT2D eigenvalue weighted by molar-refractivity contribution is 0.960.